The number of piperazine rings is 1. The van der Waals surface area contributed by atoms with E-state index in [1.165, 1.54) is 12.1 Å². The third-order valence-electron chi connectivity index (χ3n) is 8.29. The highest BCUT2D eigenvalue weighted by atomic mass is 19.4. The van der Waals surface area contributed by atoms with Crippen molar-refractivity contribution >= 4 is 5.91 Å². The molecular formula is C31H37F3N4O4. The van der Waals surface area contributed by atoms with E-state index in [0.717, 1.165) is 24.8 Å². The lowest BCUT2D eigenvalue weighted by atomic mass is 9.80. The second-order valence-electron chi connectivity index (χ2n) is 11.1. The third kappa shape index (κ3) is 6.63. The van der Waals surface area contributed by atoms with E-state index in [9.17, 15) is 23.1 Å². The maximum atomic E-state index is 14.2. The van der Waals surface area contributed by atoms with Gasteiger partial charge in [-0.15, -0.1) is 13.2 Å². The number of aliphatic hydroxyl groups is 1. The van der Waals surface area contributed by atoms with Crippen molar-refractivity contribution in [3.8, 4) is 17.0 Å². The summed E-state index contributed by atoms with van der Waals surface area (Å²) in [5, 5.41) is 14.9. The van der Waals surface area contributed by atoms with Gasteiger partial charge in [0.2, 0.25) is 0 Å². The Labute approximate surface area is 243 Å². The number of imidazole rings is 1. The van der Waals surface area contributed by atoms with Crippen LogP contribution in [0.2, 0.25) is 0 Å². The molecule has 11 heteroatoms. The summed E-state index contributed by atoms with van der Waals surface area (Å²) in [5.74, 6) is -0.474. The molecule has 0 bridgehead atoms. The van der Waals surface area contributed by atoms with Crippen LogP contribution in [0.3, 0.4) is 0 Å². The summed E-state index contributed by atoms with van der Waals surface area (Å²) in [5.41, 5.74) is 1.08. The number of ether oxygens (including phenoxy) is 2. The molecule has 2 heterocycles. The molecule has 1 aromatic heterocycles. The number of rotatable bonds is 9. The molecular weight excluding hydrogens is 549 g/mol. The van der Waals surface area contributed by atoms with E-state index in [-0.39, 0.29) is 30.3 Å². The van der Waals surface area contributed by atoms with Crippen molar-refractivity contribution in [3.05, 3.63) is 72.2 Å². The molecule has 2 aromatic carbocycles. The van der Waals surface area contributed by atoms with Gasteiger partial charge in [-0.2, -0.15) is 0 Å². The Bertz CT molecular complexity index is 1350. The topological polar surface area (TPSA) is 88.8 Å². The first-order valence-electron chi connectivity index (χ1n) is 14.4. The number of nitrogens with one attached hydrogen (secondary N) is 1. The fourth-order valence-corrected chi connectivity index (χ4v) is 6.34. The van der Waals surface area contributed by atoms with E-state index in [0.29, 0.717) is 55.8 Å². The van der Waals surface area contributed by atoms with Crippen molar-refractivity contribution in [2.45, 2.75) is 62.6 Å². The maximum absolute atomic E-state index is 14.2. The predicted molar refractivity (Wildman–Crippen MR) is 151 cm³/mol. The number of hydrogen-bond donors (Lipinski definition) is 2. The summed E-state index contributed by atoms with van der Waals surface area (Å²) in [7, 11) is 1.57. The molecule has 3 atom stereocenters. The van der Waals surface area contributed by atoms with Crippen LogP contribution in [0, 0.1) is 0 Å². The van der Waals surface area contributed by atoms with Crippen LogP contribution in [-0.4, -0.2) is 76.8 Å². The SMILES string of the molecule is COC[C@]1(O)CCCC[C@H]1n1cnc(C(=O)N2CCNC[C@@H]2CCc2ccccc2OC(F)(F)F)c1-c1ccccc1. The quantitative estimate of drug-likeness (QED) is 0.368. The van der Waals surface area contributed by atoms with Gasteiger partial charge in [0, 0.05) is 38.3 Å². The summed E-state index contributed by atoms with van der Waals surface area (Å²) >= 11 is 0. The number of alkyl halides is 3. The molecule has 1 amide bonds. The monoisotopic (exact) mass is 586 g/mol. The van der Waals surface area contributed by atoms with Gasteiger partial charge in [-0.1, -0.05) is 61.4 Å². The van der Waals surface area contributed by atoms with Crippen molar-refractivity contribution in [1.82, 2.24) is 19.8 Å². The van der Waals surface area contributed by atoms with E-state index < -0.39 is 12.0 Å². The summed E-state index contributed by atoms with van der Waals surface area (Å²) in [6.45, 7) is 1.70. The number of carbonyl (C=O) groups excluding carboxylic acids is 1. The second-order valence-corrected chi connectivity index (χ2v) is 11.1. The van der Waals surface area contributed by atoms with Gasteiger partial charge in [0.25, 0.3) is 5.91 Å². The molecule has 0 radical (unpaired) electrons. The number of benzene rings is 2. The molecule has 5 rings (SSSR count). The van der Waals surface area contributed by atoms with Gasteiger partial charge in [0.15, 0.2) is 5.69 Å². The smallest absolute Gasteiger partial charge is 0.406 e. The molecule has 2 N–H and O–H groups in total. The summed E-state index contributed by atoms with van der Waals surface area (Å²) in [4.78, 5) is 20.6. The van der Waals surface area contributed by atoms with Gasteiger partial charge >= 0.3 is 6.36 Å². The fourth-order valence-electron chi connectivity index (χ4n) is 6.34. The van der Waals surface area contributed by atoms with Crippen LogP contribution in [-0.2, 0) is 11.2 Å². The number of amides is 1. The first-order chi connectivity index (χ1) is 20.2. The lowest BCUT2D eigenvalue weighted by molar-refractivity contribution is -0.274. The van der Waals surface area contributed by atoms with Crippen molar-refractivity contribution in [1.29, 1.82) is 0 Å². The average Bonchev–Trinajstić information content (AvgIpc) is 3.41. The van der Waals surface area contributed by atoms with E-state index in [1.807, 2.05) is 34.9 Å². The van der Waals surface area contributed by atoms with Crippen LogP contribution < -0.4 is 10.1 Å². The number of para-hydroxylation sites is 1. The number of methoxy groups -OCH3 is 1. The molecule has 1 saturated heterocycles. The van der Waals surface area contributed by atoms with Crippen molar-refractivity contribution in [3.63, 3.8) is 0 Å². The van der Waals surface area contributed by atoms with Crippen LogP contribution in [0.1, 0.15) is 54.2 Å². The molecule has 3 aromatic rings. The number of halogens is 3. The number of hydrogen-bond acceptors (Lipinski definition) is 6. The Morgan fingerprint density at radius 2 is 1.90 bits per heavy atom. The standard InChI is InChI=1S/C31H37F3N4O4/c1-41-20-30(40)16-8-7-13-26(30)38-21-36-27(28(38)23-10-3-2-4-11-23)29(39)37-18-17-35-19-24(37)15-14-22-9-5-6-12-25(22)42-31(32,33)34/h2-6,9-12,21,24,26,35,40H,7-8,13-20H2,1H3/t24-,26+,30+/m0/s1. The Morgan fingerprint density at radius 1 is 1.14 bits per heavy atom. The van der Waals surface area contributed by atoms with E-state index in [1.54, 1.807) is 30.5 Å². The number of nitrogens with zero attached hydrogens (tertiary/aromatic N) is 3. The Balaban J connectivity index is 1.44. The zero-order valence-electron chi connectivity index (χ0n) is 23.6. The number of aromatic nitrogens is 2. The zero-order valence-corrected chi connectivity index (χ0v) is 23.6. The van der Waals surface area contributed by atoms with Gasteiger partial charge in [-0.05, 0) is 37.3 Å². The Morgan fingerprint density at radius 3 is 2.67 bits per heavy atom. The van der Waals surface area contributed by atoms with E-state index >= 15 is 0 Å². The molecule has 1 aliphatic heterocycles. The molecule has 2 aliphatic rings. The molecule has 42 heavy (non-hydrogen) atoms. The molecule has 2 fully saturated rings. The van der Waals surface area contributed by atoms with Gasteiger partial charge in [0.05, 0.1) is 24.7 Å². The molecule has 226 valence electrons. The maximum Gasteiger partial charge on any atom is 0.573 e. The lowest BCUT2D eigenvalue weighted by Gasteiger charge is -2.41. The lowest BCUT2D eigenvalue weighted by Crippen LogP contribution is -2.54. The Kier molecular flexibility index (Phi) is 9.19. The summed E-state index contributed by atoms with van der Waals surface area (Å²) in [6, 6.07) is 15.1. The van der Waals surface area contributed by atoms with E-state index in [2.05, 4.69) is 15.0 Å². The van der Waals surface area contributed by atoms with Crippen LogP contribution in [0.15, 0.2) is 60.9 Å². The molecule has 1 saturated carbocycles. The summed E-state index contributed by atoms with van der Waals surface area (Å²) in [6.07, 6.45) is 0.727. The predicted octanol–water partition coefficient (Wildman–Crippen LogP) is 4.99. The highest BCUT2D eigenvalue weighted by Gasteiger charge is 2.42. The van der Waals surface area contributed by atoms with Crippen LogP contribution in [0.4, 0.5) is 13.2 Å². The average molecular weight is 587 g/mol. The van der Waals surface area contributed by atoms with Gasteiger partial charge in [0.1, 0.15) is 11.4 Å². The highest BCUT2D eigenvalue weighted by Crippen LogP contribution is 2.41. The number of aryl methyl sites for hydroxylation is 1. The minimum absolute atomic E-state index is 0.173. The van der Waals surface area contributed by atoms with Crippen molar-refractivity contribution in [2.75, 3.05) is 33.4 Å². The van der Waals surface area contributed by atoms with Crippen molar-refractivity contribution < 1.29 is 32.5 Å². The highest BCUT2D eigenvalue weighted by molar-refractivity contribution is 5.98. The first kappa shape index (κ1) is 30.1. The van der Waals surface area contributed by atoms with Crippen LogP contribution in [0.25, 0.3) is 11.3 Å². The van der Waals surface area contributed by atoms with Gasteiger partial charge in [-0.25, -0.2) is 4.98 Å². The third-order valence-corrected chi connectivity index (χ3v) is 8.29. The zero-order chi connectivity index (χ0) is 29.7. The molecule has 0 spiro atoms. The molecule has 0 unspecified atom stereocenters. The number of carbonyl (C=O) groups is 1. The summed E-state index contributed by atoms with van der Waals surface area (Å²) < 4.78 is 50.5. The normalized spacial score (nSPS) is 23.1. The van der Waals surface area contributed by atoms with Gasteiger partial charge in [-0.3, -0.25) is 4.79 Å². The second kappa shape index (κ2) is 12.8. The Hall–Kier alpha value is -3.41. The minimum Gasteiger partial charge on any atom is -0.406 e. The largest absolute Gasteiger partial charge is 0.573 e. The van der Waals surface area contributed by atoms with Crippen LogP contribution >= 0.6 is 0 Å². The first-order valence-corrected chi connectivity index (χ1v) is 14.4. The van der Waals surface area contributed by atoms with Crippen LogP contribution in [0.5, 0.6) is 5.75 Å². The minimum atomic E-state index is -4.79. The fraction of sp³-hybridized carbons (Fsp3) is 0.484. The molecule has 1 aliphatic carbocycles. The van der Waals surface area contributed by atoms with E-state index in [4.69, 9.17) is 4.74 Å². The molecule has 8 nitrogen and oxygen atoms in total. The van der Waals surface area contributed by atoms with Gasteiger partial charge < -0.3 is 29.4 Å². The van der Waals surface area contributed by atoms with Crippen molar-refractivity contribution in [2.24, 2.45) is 0 Å².